The van der Waals surface area contributed by atoms with Gasteiger partial charge in [-0.3, -0.25) is 10.9 Å². The number of carbonyl (C=O) groups excluding carboxylic acids is 1. The maximum atomic E-state index is 11.2. The highest BCUT2D eigenvalue weighted by Gasteiger charge is 1.96. The van der Waals surface area contributed by atoms with Gasteiger partial charge in [0, 0.05) is 13.1 Å². The first kappa shape index (κ1) is 15.2. The summed E-state index contributed by atoms with van der Waals surface area (Å²) in [5.41, 5.74) is 10.9. The summed E-state index contributed by atoms with van der Waals surface area (Å²) in [6.07, 6.45) is 6.91. The Morgan fingerprint density at radius 2 is 1.25 bits per heavy atom. The van der Waals surface area contributed by atoms with Crippen LogP contribution in [-0.4, -0.2) is 19.1 Å². The zero-order valence-corrected chi connectivity index (χ0v) is 10.6. The highest BCUT2D eigenvalue weighted by atomic mass is 16.2. The van der Waals surface area contributed by atoms with Crippen LogP contribution in [0.1, 0.15) is 52.4 Å². The fourth-order valence-corrected chi connectivity index (χ4v) is 1.24. The van der Waals surface area contributed by atoms with E-state index in [1.54, 1.807) is 0 Å². The third-order valence-electron chi connectivity index (χ3n) is 2.21. The van der Waals surface area contributed by atoms with Crippen LogP contribution in [0.2, 0.25) is 0 Å². The Hall–Kier alpha value is -0.810. The first-order valence-corrected chi connectivity index (χ1v) is 6.33. The summed E-state index contributed by atoms with van der Waals surface area (Å²) in [5, 5.41) is 0. The molecule has 16 heavy (non-hydrogen) atoms. The molecule has 96 valence electrons. The normalized spacial score (nSPS) is 10.1. The molecule has 0 unspecified atom stereocenters. The van der Waals surface area contributed by atoms with Crippen LogP contribution >= 0.6 is 0 Å². The number of urea groups is 1. The van der Waals surface area contributed by atoms with Crippen molar-refractivity contribution in [1.82, 2.24) is 21.7 Å². The molecule has 5 heteroatoms. The summed E-state index contributed by atoms with van der Waals surface area (Å²) in [6.45, 7) is 5.94. The minimum Gasteiger partial charge on any atom is -0.272 e. The molecule has 0 aromatic rings. The number of amides is 2. The largest absolute Gasteiger partial charge is 0.343 e. The van der Waals surface area contributed by atoms with Gasteiger partial charge in [0.2, 0.25) is 0 Å². The Bertz CT molecular complexity index is 148. The summed E-state index contributed by atoms with van der Waals surface area (Å²) < 4.78 is 0. The Labute approximate surface area is 98.7 Å². The van der Waals surface area contributed by atoms with Crippen LogP contribution in [0.5, 0.6) is 0 Å². The molecule has 0 radical (unpaired) electrons. The van der Waals surface area contributed by atoms with Gasteiger partial charge in [-0.2, -0.15) is 0 Å². The Morgan fingerprint density at radius 3 is 1.62 bits per heavy atom. The van der Waals surface area contributed by atoms with E-state index in [9.17, 15) is 4.79 Å². The van der Waals surface area contributed by atoms with Gasteiger partial charge in [0.15, 0.2) is 0 Å². The number of unbranched alkanes of at least 4 members (excludes halogenated alkanes) is 4. The van der Waals surface area contributed by atoms with E-state index in [2.05, 4.69) is 35.6 Å². The Kier molecular flexibility index (Phi) is 11.6. The molecule has 0 aliphatic heterocycles. The summed E-state index contributed by atoms with van der Waals surface area (Å²) in [6, 6.07) is -0.229. The van der Waals surface area contributed by atoms with Gasteiger partial charge in [-0.15, -0.1) is 0 Å². The number of hydrogen-bond acceptors (Lipinski definition) is 3. The smallest absolute Gasteiger partial charge is 0.272 e. The number of hydrogen-bond donors (Lipinski definition) is 4. The number of carbonyl (C=O) groups is 1. The van der Waals surface area contributed by atoms with Crippen LogP contribution in [0.4, 0.5) is 4.79 Å². The molecule has 0 bridgehead atoms. The molecule has 5 nitrogen and oxygen atoms in total. The van der Waals surface area contributed by atoms with E-state index >= 15 is 0 Å². The van der Waals surface area contributed by atoms with Crippen molar-refractivity contribution in [2.75, 3.05) is 13.1 Å². The van der Waals surface area contributed by atoms with Crippen molar-refractivity contribution in [1.29, 1.82) is 0 Å². The van der Waals surface area contributed by atoms with Crippen molar-refractivity contribution in [2.45, 2.75) is 52.4 Å². The molecule has 4 N–H and O–H groups in total. The van der Waals surface area contributed by atoms with Gasteiger partial charge in [-0.05, 0) is 12.8 Å². The monoisotopic (exact) mass is 230 g/mol. The molecule has 0 spiro atoms. The second-order valence-corrected chi connectivity index (χ2v) is 3.85. The van der Waals surface area contributed by atoms with Gasteiger partial charge in [0.25, 0.3) is 0 Å². The third kappa shape index (κ3) is 11.3. The summed E-state index contributed by atoms with van der Waals surface area (Å²) in [4.78, 5) is 11.2. The van der Waals surface area contributed by atoms with E-state index in [-0.39, 0.29) is 6.03 Å². The van der Waals surface area contributed by atoms with E-state index in [1.807, 2.05) is 0 Å². The lowest BCUT2D eigenvalue weighted by Gasteiger charge is -2.09. The van der Waals surface area contributed by atoms with Crippen molar-refractivity contribution in [3.05, 3.63) is 0 Å². The molecule has 0 aromatic carbocycles. The van der Waals surface area contributed by atoms with Crippen LogP contribution < -0.4 is 21.7 Å². The van der Waals surface area contributed by atoms with E-state index in [0.29, 0.717) is 0 Å². The van der Waals surface area contributed by atoms with Gasteiger partial charge >= 0.3 is 6.03 Å². The van der Waals surface area contributed by atoms with Crippen molar-refractivity contribution >= 4 is 6.03 Å². The first-order valence-electron chi connectivity index (χ1n) is 6.33. The maximum Gasteiger partial charge on any atom is 0.343 e. The van der Waals surface area contributed by atoms with Gasteiger partial charge in [-0.25, -0.2) is 15.6 Å². The summed E-state index contributed by atoms with van der Waals surface area (Å²) in [7, 11) is 0. The molecule has 0 saturated carbocycles. The average Bonchev–Trinajstić information content (AvgIpc) is 2.28. The maximum absolute atomic E-state index is 11.2. The molecular formula is C11H26N4O. The van der Waals surface area contributed by atoms with Crippen LogP contribution in [0.3, 0.4) is 0 Å². The zero-order chi connectivity index (χ0) is 12.1. The molecule has 0 heterocycles. The van der Waals surface area contributed by atoms with Crippen LogP contribution in [0, 0.1) is 0 Å². The van der Waals surface area contributed by atoms with E-state index in [4.69, 9.17) is 0 Å². The zero-order valence-electron chi connectivity index (χ0n) is 10.6. The van der Waals surface area contributed by atoms with Crippen LogP contribution in [-0.2, 0) is 0 Å². The predicted molar refractivity (Wildman–Crippen MR) is 66.7 cm³/mol. The van der Waals surface area contributed by atoms with Crippen LogP contribution in [0.15, 0.2) is 0 Å². The quantitative estimate of drug-likeness (QED) is 0.341. The third-order valence-corrected chi connectivity index (χ3v) is 2.21. The Morgan fingerprint density at radius 1 is 0.812 bits per heavy atom. The molecular weight excluding hydrogens is 204 g/mol. The Balaban J connectivity index is 3.12. The van der Waals surface area contributed by atoms with Gasteiger partial charge in [0.05, 0.1) is 0 Å². The number of hydrazine groups is 2. The fraction of sp³-hybridized carbons (Fsp3) is 0.909. The minimum atomic E-state index is -0.229. The van der Waals surface area contributed by atoms with E-state index in [0.717, 1.165) is 25.9 Å². The number of nitrogens with one attached hydrogen (secondary N) is 4. The molecule has 0 atom stereocenters. The lowest BCUT2D eigenvalue weighted by atomic mass is 10.2. The molecule has 0 rings (SSSR count). The average molecular weight is 230 g/mol. The molecule has 0 aliphatic carbocycles. The lowest BCUT2D eigenvalue weighted by Crippen LogP contribution is -2.49. The number of rotatable bonds is 10. The van der Waals surface area contributed by atoms with Crippen molar-refractivity contribution in [2.24, 2.45) is 0 Å². The van der Waals surface area contributed by atoms with Gasteiger partial charge < -0.3 is 0 Å². The van der Waals surface area contributed by atoms with Crippen molar-refractivity contribution in [3.63, 3.8) is 0 Å². The fourth-order valence-electron chi connectivity index (χ4n) is 1.24. The SMILES string of the molecule is CCCCCNNC(=O)NNCCCCC. The summed E-state index contributed by atoms with van der Waals surface area (Å²) in [5.74, 6) is 0. The molecule has 0 saturated heterocycles. The molecule has 0 aliphatic rings. The van der Waals surface area contributed by atoms with Crippen LogP contribution in [0.25, 0.3) is 0 Å². The first-order chi connectivity index (χ1) is 7.81. The van der Waals surface area contributed by atoms with E-state index < -0.39 is 0 Å². The lowest BCUT2D eigenvalue weighted by molar-refractivity contribution is 0.231. The van der Waals surface area contributed by atoms with Gasteiger partial charge in [0.1, 0.15) is 0 Å². The second-order valence-electron chi connectivity index (χ2n) is 3.85. The summed E-state index contributed by atoms with van der Waals surface area (Å²) >= 11 is 0. The molecule has 0 fully saturated rings. The second kappa shape index (κ2) is 12.3. The van der Waals surface area contributed by atoms with Crippen molar-refractivity contribution < 1.29 is 4.79 Å². The standard InChI is InChI=1S/C11H26N4O/c1-3-5-7-9-12-14-11(16)15-13-10-8-6-4-2/h12-13H,3-10H2,1-2H3,(H2,14,15,16). The predicted octanol–water partition coefficient (Wildman–Crippen LogP) is 1.68. The highest BCUT2D eigenvalue weighted by Crippen LogP contribution is 1.90. The van der Waals surface area contributed by atoms with E-state index in [1.165, 1.54) is 25.7 Å². The minimum absolute atomic E-state index is 0.229. The topological polar surface area (TPSA) is 65.2 Å². The van der Waals surface area contributed by atoms with Crippen molar-refractivity contribution in [3.8, 4) is 0 Å². The van der Waals surface area contributed by atoms with Gasteiger partial charge in [-0.1, -0.05) is 39.5 Å². The highest BCUT2D eigenvalue weighted by molar-refractivity contribution is 5.72. The molecule has 2 amide bonds. The molecule has 0 aromatic heterocycles.